The zero-order valence-electron chi connectivity index (χ0n) is 18.9. The van der Waals surface area contributed by atoms with Gasteiger partial charge in [0.1, 0.15) is 11.6 Å². The van der Waals surface area contributed by atoms with Gasteiger partial charge in [-0.15, -0.1) is 0 Å². The van der Waals surface area contributed by atoms with E-state index in [0.717, 1.165) is 67.6 Å². The molecule has 3 heterocycles. The quantitative estimate of drug-likeness (QED) is 0.373. The first-order chi connectivity index (χ1) is 16.6. The number of nitrogens with zero attached hydrogens (tertiary/aromatic N) is 2. The molecule has 5 rings (SSSR count). The minimum atomic E-state index is -0.117. The summed E-state index contributed by atoms with van der Waals surface area (Å²) >= 11 is 1.01. The van der Waals surface area contributed by atoms with Gasteiger partial charge in [-0.2, -0.15) is 0 Å². The van der Waals surface area contributed by atoms with Crippen molar-refractivity contribution in [3.05, 3.63) is 76.9 Å². The Morgan fingerprint density at radius 2 is 1.97 bits per heavy atom. The van der Waals surface area contributed by atoms with Gasteiger partial charge >= 0.3 is 0 Å². The molecule has 3 aromatic rings. The molecule has 2 aliphatic rings. The van der Waals surface area contributed by atoms with E-state index >= 15 is 0 Å². The number of ketones is 1. The van der Waals surface area contributed by atoms with Crippen molar-refractivity contribution in [2.45, 2.75) is 51.1 Å². The predicted octanol–water partition coefficient (Wildman–Crippen LogP) is 5.20. The molecule has 0 spiro atoms. The third-order valence-electron chi connectivity index (χ3n) is 6.46. The highest BCUT2D eigenvalue weighted by Crippen LogP contribution is 2.31. The summed E-state index contributed by atoms with van der Waals surface area (Å²) in [4.78, 5) is 32.9. The Kier molecular flexibility index (Phi) is 7.02. The van der Waals surface area contributed by atoms with E-state index in [2.05, 4.69) is 39.6 Å². The van der Waals surface area contributed by atoms with E-state index in [-0.39, 0.29) is 17.3 Å². The Balaban J connectivity index is 1.11. The normalized spacial score (nSPS) is 21.9. The Hall–Kier alpha value is -3.03. The van der Waals surface area contributed by atoms with Crippen molar-refractivity contribution in [2.24, 2.45) is 5.92 Å². The molecule has 0 atom stereocenters. The van der Waals surface area contributed by atoms with Crippen LogP contribution in [0.5, 0.6) is 0 Å². The molecule has 2 fully saturated rings. The van der Waals surface area contributed by atoms with Crippen molar-refractivity contribution in [2.75, 3.05) is 0 Å². The summed E-state index contributed by atoms with van der Waals surface area (Å²) in [5, 5.41) is 3.62. The maximum Gasteiger partial charge on any atom is 0.201 e. The van der Waals surface area contributed by atoms with Crippen LogP contribution in [0.3, 0.4) is 0 Å². The highest BCUT2D eigenvalue weighted by atomic mass is 32.2. The first-order valence-electron chi connectivity index (χ1n) is 11.8. The largest absolute Gasteiger partial charge is 0.464 e. The van der Waals surface area contributed by atoms with Crippen LogP contribution in [0.15, 0.2) is 64.2 Å². The van der Waals surface area contributed by atoms with Crippen LogP contribution >= 0.6 is 11.8 Å². The zero-order chi connectivity index (χ0) is 23.3. The second-order valence-electron chi connectivity index (χ2n) is 8.96. The van der Waals surface area contributed by atoms with Gasteiger partial charge in [0, 0.05) is 30.8 Å². The zero-order valence-corrected chi connectivity index (χ0v) is 19.7. The number of hydrogen-bond acceptors (Lipinski definition) is 7. The average Bonchev–Trinajstić information content (AvgIpc) is 3.49. The molecule has 1 aliphatic heterocycles. The Morgan fingerprint density at radius 3 is 2.74 bits per heavy atom. The fourth-order valence-corrected chi connectivity index (χ4v) is 5.45. The molecule has 1 aliphatic carbocycles. The molecule has 34 heavy (non-hydrogen) atoms. The molecule has 1 saturated carbocycles. The fraction of sp³-hybridized carbons (Fsp3) is 0.333. The lowest BCUT2D eigenvalue weighted by atomic mass is 9.84. The summed E-state index contributed by atoms with van der Waals surface area (Å²) in [7, 11) is 0. The maximum absolute atomic E-state index is 11.9. The molecule has 2 aromatic heterocycles. The number of hydrogen-bond donors (Lipinski definition) is 1. The Bertz CT molecular complexity index is 1200. The molecule has 1 saturated heterocycles. The summed E-state index contributed by atoms with van der Waals surface area (Å²) in [6, 6.07) is 14.7. The molecule has 1 N–H and O–H groups in total. The minimum Gasteiger partial charge on any atom is -0.464 e. The van der Waals surface area contributed by atoms with Gasteiger partial charge in [0.25, 0.3) is 0 Å². The van der Waals surface area contributed by atoms with E-state index in [4.69, 9.17) is 4.42 Å². The molecule has 0 bridgehead atoms. The summed E-state index contributed by atoms with van der Waals surface area (Å²) in [6.45, 7) is 0.850. The lowest BCUT2D eigenvalue weighted by Crippen LogP contribution is -2.33. The summed E-state index contributed by atoms with van der Waals surface area (Å²) in [5.74, 6) is 2.15. The van der Waals surface area contributed by atoms with E-state index in [9.17, 15) is 9.59 Å². The molecular weight excluding hydrogens is 446 g/mol. The fourth-order valence-electron chi connectivity index (χ4n) is 4.64. The number of rotatable bonds is 7. The molecular formula is C27H27N3O3S. The second-order valence-corrected chi connectivity index (χ2v) is 10.1. The molecule has 7 heteroatoms. The van der Waals surface area contributed by atoms with Crippen LogP contribution in [0, 0.1) is 5.92 Å². The number of carbonyl (C=O) groups is 2. The van der Waals surface area contributed by atoms with Crippen LogP contribution in [0.2, 0.25) is 0 Å². The monoisotopic (exact) mass is 473 g/mol. The standard InChI is InChI=1S/C27H27N3O3S/c31-23-16-27(32)34-25(23)15-22-10-11-28-26(30-22)14-18-6-8-21(9-7-18)29-17-19-3-1-4-20(13-19)24-5-2-12-33-24/h1-5,10-13,15,18,21,29H,6-9,14,16-17H2/b25-15-. The van der Waals surface area contributed by atoms with Gasteiger partial charge in [0.15, 0.2) is 5.78 Å². The van der Waals surface area contributed by atoms with E-state index in [1.165, 1.54) is 5.56 Å². The predicted molar refractivity (Wildman–Crippen MR) is 133 cm³/mol. The number of allylic oxidation sites excluding steroid dienone is 1. The van der Waals surface area contributed by atoms with Gasteiger partial charge in [0.05, 0.1) is 23.3 Å². The first kappa shape index (κ1) is 22.7. The van der Waals surface area contributed by atoms with Crippen molar-refractivity contribution in [3.63, 3.8) is 0 Å². The van der Waals surface area contributed by atoms with Crippen molar-refractivity contribution in [3.8, 4) is 11.3 Å². The van der Waals surface area contributed by atoms with Crippen LogP contribution in [0.1, 0.15) is 49.2 Å². The summed E-state index contributed by atoms with van der Waals surface area (Å²) in [6.07, 6.45) is 10.5. The first-order valence-corrected chi connectivity index (χ1v) is 12.6. The molecule has 6 nitrogen and oxygen atoms in total. The van der Waals surface area contributed by atoms with Crippen molar-refractivity contribution in [1.29, 1.82) is 0 Å². The van der Waals surface area contributed by atoms with E-state index in [1.807, 2.05) is 12.1 Å². The van der Waals surface area contributed by atoms with E-state index in [0.29, 0.717) is 22.6 Å². The third kappa shape index (κ3) is 5.72. The van der Waals surface area contributed by atoms with Gasteiger partial charge in [-0.1, -0.05) is 18.2 Å². The topological polar surface area (TPSA) is 85.1 Å². The van der Waals surface area contributed by atoms with Crippen LogP contribution in [-0.4, -0.2) is 26.9 Å². The SMILES string of the molecule is O=C1CC(=O)/C(=C/c2ccnc(CC3CCC(NCc4cccc(-c5ccco5)c4)CC3)n2)S1. The second kappa shape index (κ2) is 10.5. The highest BCUT2D eigenvalue weighted by Gasteiger charge is 2.26. The van der Waals surface area contributed by atoms with Crippen LogP contribution < -0.4 is 5.32 Å². The van der Waals surface area contributed by atoms with Crippen LogP contribution in [0.4, 0.5) is 0 Å². The van der Waals surface area contributed by atoms with Crippen LogP contribution in [0.25, 0.3) is 17.4 Å². The van der Waals surface area contributed by atoms with Crippen LogP contribution in [-0.2, 0) is 22.6 Å². The number of nitrogens with one attached hydrogen (secondary N) is 1. The highest BCUT2D eigenvalue weighted by molar-refractivity contribution is 8.18. The maximum atomic E-state index is 11.9. The van der Waals surface area contributed by atoms with E-state index in [1.54, 1.807) is 24.6 Å². The molecule has 0 unspecified atom stereocenters. The smallest absolute Gasteiger partial charge is 0.201 e. The number of carbonyl (C=O) groups excluding carboxylic acids is 2. The number of benzene rings is 1. The Labute approximate surface area is 203 Å². The lowest BCUT2D eigenvalue weighted by Gasteiger charge is -2.29. The minimum absolute atomic E-state index is 0.0128. The lowest BCUT2D eigenvalue weighted by molar-refractivity contribution is -0.119. The number of aromatic nitrogens is 2. The number of Topliss-reactive ketones (excluding diaryl/α,β-unsaturated/α-hetero) is 1. The summed E-state index contributed by atoms with van der Waals surface area (Å²) < 4.78 is 5.52. The molecule has 174 valence electrons. The molecule has 0 radical (unpaired) electrons. The van der Waals surface area contributed by atoms with Gasteiger partial charge in [-0.25, -0.2) is 9.97 Å². The Morgan fingerprint density at radius 1 is 1.09 bits per heavy atom. The van der Waals surface area contributed by atoms with Gasteiger partial charge in [-0.05, 0) is 79.3 Å². The number of thioether (sulfide) groups is 1. The number of furan rings is 1. The van der Waals surface area contributed by atoms with E-state index < -0.39 is 0 Å². The van der Waals surface area contributed by atoms with Gasteiger partial charge < -0.3 is 9.73 Å². The van der Waals surface area contributed by atoms with Crippen molar-refractivity contribution in [1.82, 2.24) is 15.3 Å². The van der Waals surface area contributed by atoms with Crippen molar-refractivity contribution >= 4 is 28.7 Å². The molecule has 0 amide bonds. The molecule has 1 aromatic carbocycles. The van der Waals surface area contributed by atoms with Gasteiger partial charge in [0.2, 0.25) is 5.12 Å². The average molecular weight is 474 g/mol. The third-order valence-corrected chi connectivity index (χ3v) is 7.39. The van der Waals surface area contributed by atoms with Crippen molar-refractivity contribution < 1.29 is 14.0 Å². The summed E-state index contributed by atoms with van der Waals surface area (Å²) in [5.41, 5.74) is 3.06. The van der Waals surface area contributed by atoms with Gasteiger partial charge in [-0.3, -0.25) is 9.59 Å².